The van der Waals surface area contributed by atoms with E-state index in [1.807, 2.05) is 4.57 Å². The summed E-state index contributed by atoms with van der Waals surface area (Å²) in [7, 11) is 0. The van der Waals surface area contributed by atoms with E-state index >= 15 is 0 Å². The molecule has 0 saturated heterocycles. The number of H-pyrrole nitrogens is 1. The molecule has 0 saturated carbocycles. The van der Waals surface area contributed by atoms with Crippen LogP contribution in [0.25, 0.3) is 0 Å². The van der Waals surface area contributed by atoms with Gasteiger partial charge >= 0.3 is 0 Å². The Morgan fingerprint density at radius 3 is 2.20 bits per heavy atom. The van der Waals surface area contributed by atoms with Crippen molar-refractivity contribution in [2.75, 3.05) is 5.73 Å². The molecule has 4 nitrogen and oxygen atoms in total. The van der Waals surface area contributed by atoms with Gasteiger partial charge in [0, 0.05) is 5.54 Å². The van der Waals surface area contributed by atoms with Crippen molar-refractivity contribution >= 4 is 18.2 Å². The molecule has 0 aliphatic rings. The van der Waals surface area contributed by atoms with Gasteiger partial charge in [0.15, 0.2) is 4.77 Å². The molecule has 0 radical (unpaired) electrons. The summed E-state index contributed by atoms with van der Waals surface area (Å²) < 4.78 is 2.47. The molecule has 5 heteroatoms. The van der Waals surface area contributed by atoms with Crippen LogP contribution in [-0.4, -0.2) is 14.8 Å². The largest absolute Gasteiger partial charge is 0.368 e. The van der Waals surface area contributed by atoms with E-state index in [4.69, 9.17) is 18.0 Å². The van der Waals surface area contributed by atoms with Crippen LogP contribution in [0.5, 0.6) is 0 Å². The van der Waals surface area contributed by atoms with Crippen molar-refractivity contribution in [3.05, 3.63) is 4.77 Å². The predicted molar refractivity (Wildman–Crippen MR) is 65.2 cm³/mol. The molecule has 0 atom stereocenters. The highest BCUT2D eigenvalue weighted by atomic mass is 32.1. The van der Waals surface area contributed by atoms with Crippen LogP contribution in [0, 0.1) is 10.2 Å². The highest BCUT2D eigenvalue weighted by Gasteiger charge is 2.29. The molecule has 0 aliphatic carbocycles. The van der Waals surface area contributed by atoms with Gasteiger partial charge in [-0.3, -0.25) is 4.57 Å². The third kappa shape index (κ3) is 2.81. The Labute approximate surface area is 95.9 Å². The van der Waals surface area contributed by atoms with E-state index in [9.17, 15) is 0 Å². The first-order chi connectivity index (χ1) is 6.63. The molecule has 0 unspecified atom stereocenters. The van der Waals surface area contributed by atoms with E-state index in [1.165, 1.54) is 0 Å². The SMILES string of the molecule is CC(C)(C)CC(C)(C)n1c(N)n[nH]c1=S. The Kier molecular flexibility index (Phi) is 2.96. The first-order valence-electron chi connectivity index (χ1n) is 5.07. The summed E-state index contributed by atoms with van der Waals surface area (Å²) in [5, 5.41) is 6.66. The van der Waals surface area contributed by atoms with Gasteiger partial charge in [0.25, 0.3) is 0 Å². The summed E-state index contributed by atoms with van der Waals surface area (Å²) in [5.74, 6) is 0.453. The van der Waals surface area contributed by atoms with Crippen molar-refractivity contribution in [3.8, 4) is 0 Å². The fraction of sp³-hybridized carbons (Fsp3) is 0.800. The molecule has 86 valence electrons. The molecule has 0 fully saturated rings. The zero-order chi connectivity index (χ0) is 11.9. The molecule has 0 spiro atoms. The van der Waals surface area contributed by atoms with E-state index in [0.29, 0.717) is 10.7 Å². The second-order valence-corrected chi connectivity index (χ2v) is 6.16. The normalized spacial score (nSPS) is 13.1. The Morgan fingerprint density at radius 1 is 1.33 bits per heavy atom. The summed E-state index contributed by atoms with van der Waals surface area (Å²) in [6, 6.07) is 0. The lowest BCUT2D eigenvalue weighted by molar-refractivity contribution is 0.215. The number of aromatic nitrogens is 3. The second-order valence-electron chi connectivity index (χ2n) is 5.77. The summed E-state index contributed by atoms with van der Waals surface area (Å²) in [5.41, 5.74) is 5.91. The second kappa shape index (κ2) is 3.63. The number of rotatable bonds is 2. The Balaban J connectivity index is 3.11. The number of nitrogens with zero attached hydrogens (tertiary/aromatic N) is 2. The lowest BCUT2D eigenvalue weighted by atomic mass is 9.81. The third-order valence-electron chi connectivity index (χ3n) is 2.27. The fourth-order valence-corrected chi connectivity index (χ4v) is 2.66. The molecule has 1 rings (SSSR count). The number of hydrogen-bond donors (Lipinski definition) is 2. The maximum absolute atomic E-state index is 5.80. The summed E-state index contributed by atoms with van der Waals surface area (Å²) in [4.78, 5) is 0. The first kappa shape index (κ1) is 12.2. The van der Waals surface area contributed by atoms with Crippen molar-refractivity contribution in [3.63, 3.8) is 0 Å². The Bertz CT molecular complexity index is 394. The van der Waals surface area contributed by atoms with Crippen molar-refractivity contribution in [2.24, 2.45) is 5.41 Å². The van der Waals surface area contributed by atoms with Gasteiger partial charge in [0.1, 0.15) is 0 Å². The van der Waals surface area contributed by atoms with Crippen LogP contribution in [-0.2, 0) is 5.54 Å². The maximum atomic E-state index is 5.80. The minimum Gasteiger partial charge on any atom is -0.368 e. The van der Waals surface area contributed by atoms with Gasteiger partial charge in [-0.1, -0.05) is 20.8 Å². The topological polar surface area (TPSA) is 59.6 Å². The first-order valence-corrected chi connectivity index (χ1v) is 5.48. The molecular formula is C10H20N4S. The van der Waals surface area contributed by atoms with Gasteiger partial charge in [-0.25, -0.2) is 5.10 Å². The van der Waals surface area contributed by atoms with Crippen LogP contribution in [0.3, 0.4) is 0 Å². The van der Waals surface area contributed by atoms with Crippen molar-refractivity contribution in [1.82, 2.24) is 14.8 Å². The van der Waals surface area contributed by atoms with Gasteiger partial charge in [0.05, 0.1) is 0 Å². The fourth-order valence-electron chi connectivity index (χ4n) is 2.27. The quantitative estimate of drug-likeness (QED) is 0.765. The molecule has 15 heavy (non-hydrogen) atoms. The predicted octanol–water partition coefficient (Wildman–Crippen LogP) is 2.69. The monoisotopic (exact) mass is 228 g/mol. The van der Waals surface area contributed by atoms with Crippen LogP contribution in [0.1, 0.15) is 41.0 Å². The van der Waals surface area contributed by atoms with Crippen LogP contribution >= 0.6 is 12.2 Å². The van der Waals surface area contributed by atoms with E-state index in [-0.39, 0.29) is 11.0 Å². The summed E-state index contributed by atoms with van der Waals surface area (Å²) >= 11 is 5.18. The minimum absolute atomic E-state index is 0.119. The average Bonchev–Trinajstić information content (AvgIpc) is 2.25. The average molecular weight is 228 g/mol. The molecule has 0 aromatic carbocycles. The zero-order valence-corrected chi connectivity index (χ0v) is 10.9. The smallest absolute Gasteiger partial charge is 0.220 e. The molecule has 1 aromatic rings. The minimum atomic E-state index is -0.119. The molecule has 3 N–H and O–H groups in total. The standard InChI is InChI=1S/C10H20N4S/c1-9(2,3)6-10(4,5)14-7(11)12-13-8(14)15/h6H2,1-5H3,(H2,11,12)(H,13,15). The van der Waals surface area contributed by atoms with Crippen molar-refractivity contribution < 1.29 is 0 Å². The van der Waals surface area contributed by atoms with E-state index in [0.717, 1.165) is 6.42 Å². The van der Waals surface area contributed by atoms with Crippen LogP contribution in [0.15, 0.2) is 0 Å². The van der Waals surface area contributed by atoms with Gasteiger partial charge in [-0.05, 0) is 37.9 Å². The summed E-state index contributed by atoms with van der Waals surface area (Å²) in [6.45, 7) is 10.9. The molecule has 0 amide bonds. The Hall–Kier alpha value is -0.840. The van der Waals surface area contributed by atoms with Gasteiger partial charge in [-0.15, -0.1) is 5.10 Å². The number of nitrogen functional groups attached to an aromatic ring is 1. The molecular weight excluding hydrogens is 208 g/mol. The van der Waals surface area contributed by atoms with Gasteiger partial charge in [0.2, 0.25) is 5.95 Å². The number of aromatic amines is 1. The zero-order valence-electron chi connectivity index (χ0n) is 10.1. The highest BCUT2D eigenvalue weighted by molar-refractivity contribution is 7.71. The van der Waals surface area contributed by atoms with E-state index < -0.39 is 0 Å². The van der Waals surface area contributed by atoms with Gasteiger partial charge < -0.3 is 5.73 Å². The number of anilines is 1. The van der Waals surface area contributed by atoms with Crippen LogP contribution < -0.4 is 5.73 Å². The summed E-state index contributed by atoms with van der Waals surface area (Å²) in [6.07, 6.45) is 0.984. The number of nitrogens with one attached hydrogen (secondary N) is 1. The van der Waals surface area contributed by atoms with E-state index in [1.54, 1.807) is 0 Å². The molecule has 1 heterocycles. The van der Waals surface area contributed by atoms with Crippen molar-refractivity contribution in [2.45, 2.75) is 46.6 Å². The highest BCUT2D eigenvalue weighted by Crippen LogP contribution is 2.33. The molecule has 0 bridgehead atoms. The lowest BCUT2D eigenvalue weighted by Crippen LogP contribution is -2.32. The number of nitrogens with two attached hydrogens (primary N) is 1. The van der Waals surface area contributed by atoms with Crippen LogP contribution in [0.2, 0.25) is 0 Å². The maximum Gasteiger partial charge on any atom is 0.220 e. The molecule has 1 aromatic heterocycles. The number of hydrogen-bond acceptors (Lipinski definition) is 3. The van der Waals surface area contributed by atoms with Crippen LogP contribution in [0.4, 0.5) is 5.95 Å². The Morgan fingerprint density at radius 2 is 1.87 bits per heavy atom. The van der Waals surface area contributed by atoms with Gasteiger partial charge in [-0.2, -0.15) is 0 Å². The van der Waals surface area contributed by atoms with E-state index in [2.05, 4.69) is 44.8 Å². The lowest BCUT2D eigenvalue weighted by Gasteiger charge is -2.33. The van der Waals surface area contributed by atoms with Crippen molar-refractivity contribution in [1.29, 1.82) is 0 Å². The molecule has 0 aliphatic heterocycles. The third-order valence-corrected chi connectivity index (χ3v) is 2.54.